The van der Waals surface area contributed by atoms with Crippen LogP contribution in [0.4, 0.5) is 0 Å². The predicted octanol–water partition coefficient (Wildman–Crippen LogP) is 11.9. The average molecular weight is 703 g/mol. The van der Waals surface area contributed by atoms with Gasteiger partial charge in [0.2, 0.25) is 0 Å². The topological polar surface area (TPSA) is 56.7 Å². The van der Waals surface area contributed by atoms with Gasteiger partial charge in [0.25, 0.3) is 0 Å². The van der Waals surface area contributed by atoms with Gasteiger partial charge in [-0.05, 0) is 58.1 Å². The Balaban J connectivity index is 1.13. The van der Waals surface area contributed by atoms with E-state index in [4.69, 9.17) is 19.4 Å². The minimum absolute atomic E-state index is 0.500. The van der Waals surface area contributed by atoms with Gasteiger partial charge in [-0.15, -0.1) is 0 Å². The van der Waals surface area contributed by atoms with E-state index in [2.05, 4.69) is 126 Å². The lowest BCUT2D eigenvalue weighted by molar-refractivity contribution is 0.590. The molecular weight excluding hydrogens is 673 g/mol. The highest BCUT2D eigenvalue weighted by molar-refractivity contribution is 6.09. The molecule has 12 rings (SSSR count). The molecule has 0 aliphatic heterocycles. The van der Waals surface area contributed by atoms with Crippen molar-refractivity contribution in [3.05, 3.63) is 204 Å². The third kappa shape index (κ3) is 4.15. The zero-order valence-electron chi connectivity index (χ0n) is 29.5. The lowest BCUT2D eigenvalue weighted by atomic mass is 9.71. The molecule has 0 N–H and O–H groups in total. The van der Waals surface area contributed by atoms with Gasteiger partial charge in [-0.25, -0.2) is 15.0 Å². The van der Waals surface area contributed by atoms with E-state index in [1.807, 2.05) is 60.7 Å². The zero-order chi connectivity index (χ0) is 36.1. The fourth-order valence-corrected chi connectivity index (χ4v) is 9.24. The van der Waals surface area contributed by atoms with Crippen LogP contribution in [-0.2, 0) is 5.41 Å². The second-order valence-electron chi connectivity index (χ2n) is 14.3. The highest BCUT2D eigenvalue weighted by Crippen LogP contribution is 2.64. The van der Waals surface area contributed by atoms with E-state index in [9.17, 15) is 0 Å². The number of hydrogen-bond donors (Lipinski definition) is 0. The van der Waals surface area contributed by atoms with Gasteiger partial charge in [-0.2, -0.15) is 0 Å². The van der Waals surface area contributed by atoms with Crippen LogP contribution in [0.15, 0.2) is 186 Å². The fourth-order valence-electron chi connectivity index (χ4n) is 9.24. The second-order valence-corrected chi connectivity index (χ2v) is 14.3. The number of furan rings is 1. The van der Waals surface area contributed by atoms with Gasteiger partial charge in [0.15, 0.2) is 23.2 Å². The van der Waals surface area contributed by atoms with Gasteiger partial charge in [0.05, 0.1) is 16.4 Å². The Morgan fingerprint density at radius 3 is 1.56 bits per heavy atom. The van der Waals surface area contributed by atoms with Gasteiger partial charge < -0.3 is 8.98 Å². The van der Waals surface area contributed by atoms with Crippen LogP contribution in [0.3, 0.4) is 0 Å². The maximum atomic E-state index is 7.00. The fraction of sp³-hybridized carbons (Fsp3) is 0.0200. The zero-order valence-corrected chi connectivity index (χ0v) is 29.5. The Bertz CT molecular complexity index is 3050. The Morgan fingerprint density at radius 2 is 0.909 bits per heavy atom. The maximum Gasteiger partial charge on any atom is 0.199 e. The number of nitrogens with zero attached hydrogens (tertiary/aromatic N) is 4. The highest BCUT2D eigenvalue weighted by Gasteiger charge is 2.53. The summed E-state index contributed by atoms with van der Waals surface area (Å²) in [6, 6.07) is 64.3. The van der Waals surface area contributed by atoms with Crippen LogP contribution < -0.4 is 0 Å². The Morgan fingerprint density at radius 1 is 0.400 bits per heavy atom. The molecule has 2 aliphatic carbocycles. The molecule has 7 aromatic carbocycles. The molecule has 0 amide bonds. The summed E-state index contributed by atoms with van der Waals surface area (Å²) in [4.78, 5) is 15.1. The van der Waals surface area contributed by atoms with E-state index >= 15 is 0 Å². The Hall–Kier alpha value is -7.37. The molecule has 1 spiro atoms. The normalized spacial score (nSPS) is 15.0. The van der Waals surface area contributed by atoms with E-state index in [0.717, 1.165) is 33.7 Å². The standard InChI is InChI=1S/C50H30N4O/c1-3-15-31(16-4-1)47-51-48(32-17-5-2-6-18-32)53-49(52-47)45-30-42-46(55-45)38-22-8-12-24-40(38)50(42)39-23-11-7-19-34(39)35-28-27-33(29-41(35)50)54-43-25-13-9-20-36(43)37-21-10-14-26-44(37)54/h1-30H. The molecular formula is C50H30N4O. The van der Waals surface area contributed by atoms with Crippen molar-refractivity contribution in [2.24, 2.45) is 0 Å². The van der Waals surface area contributed by atoms with Crippen LogP contribution in [0.1, 0.15) is 22.3 Å². The van der Waals surface area contributed by atoms with Gasteiger partial charge in [0.1, 0.15) is 5.76 Å². The van der Waals surface area contributed by atoms with Crippen molar-refractivity contribution >= 4 is 21.8 Å². The molecule has 0 bridgehead atoms. The Labute approximate surface area is 316 Å². The van der Waals surface area contributed by atoms with Crippen molar-refractivity contribution in [2.75, 3.05) is 0 Å². The van der Waals surface area contributed by atoms with Crippen molar-refractivity contribution in [3.8, 4) is 62.5 Å². The first-order valence-electron chi connectivity index (χ1n) is 18.6. The van der Waals surface area contributed by atoms with Crippen LogP contribution in [0.2, 0.25) is 0 Å². The van der Waals surface area contributed by atoms with Gasteiger partial charge in [-0.1, -0.05) is 152 Å². The number of fused-ring (bicyclic) bond motifs is 13. The molecule has 5 heteroatoms. The molecule has 5 nitrogen and oxygen atoms in total. The molecule has 55 heavy (non-hydrogen) atoms. The van der Waals surface area contributed by atoms with Gasteiger partial charge in [-0.3, -0.25) is 0 Å². The summed E-state index contributed by atoms with van der Waals surface area (Å²) >= 11 is 0. The van der Waals surface area contributed by atoms with E-state index in [1.165, 1.54) is 49.6 Å². The number of rotatable bonds is 4. The summed E-state index contributed by atoms with van der Waals surface area (Å²) in [6.07, 6.45) is 0. The van der Waals surface area contributed by atoms with Crippen LogP contribution >= 0.6 is 0 Å². The van der Waals surface area contributed by atoms with Crippen molar-refractivity contribution < 1.29 is 4.42 Å². The van der Waals surface area contributed by atoms with Crippen molar-refractivity contribution in [1.82, 2.24) is 19.5 Å². The van der Waals surface area contributed by atoms with Crippen molar-refractivity contribution in [3.63, 3.8) is 0 Å². The molecule has 1 unspecified atom stereocenters. The minimum Gasteiger partial charge on any atom is -0.452 e. The monoisotopic (exact) mass is 702 g/mol. The van der Waals surface area contributed by atoms with Gasteiger partial charge >= 0.3 is 0 Å². The summed E-state index contributed by atoms with van der Waals surface area (Å²) in [5.41, 5.74) is 13.0. The number of hydrogen-bond acceptors (Lipinski definition) is 4. The first kappa shape index (κ1) is 30.1. The third-order valence-corrected chi connectivity index (χ3v) is 11.5. The summed E-state index contributed by atoms with van der Waals surface area (Å²) in [5.74, 6) is 3.16. The largest absolute Gasteiger partial charge is 0.452 e. The number of aromatic nitrogens is 4. The van der Waals surface area contributed by atoms with Crippen molar-refractivity contribution in [2.45, 2.75) is 5.41 Å². The highest BCUT2D eigenvalue weighted by atomic mass is 16.3. The van der Waals surface area contributed by atoms with E-state index in [0.29, 0.717) is 23.2 Å². The first-order valence-corrected chi connectivity index (χ1v) is 18.6. The summed E-state index contributed by atoms with van der Waals surface area (Å²) in [7, 11) is 0. The lowest BCUT2D eigenvalue weighted by Gasteiger charge is -2.29. The van der Waals surface area contributed by atoms with Crippen LogP contribution in [0, 0.1) is 0 Å². The summed E-state index contributed by atoms with van der Waals surface area (Å²) in [5, 5.41) is 2.48. The molecule has 0 fully saturated rings. The van der Waals surface area contributed by atoms with Crippen molar-refractivity contribution in [1.29, 1.82) is 0 Å². The molecule has 3 heterocycles. The summed E-state index contributed by atoms with van der Waals surface area (Å²) in [6.45, 7) is 0. The lowest BCUT2D eigenvalue weighted by Crippen LogP contribution is -2.25. The molecule has 10 aromatic rings. The van der Waals surface area contributed by atoms with E-state index < -0.39 is 5.41 Å². The molecule has 0 saturated carbocycles. The van der Waals surface area contributed by atoms with Crippen LogP contribution in [0.25, 0.3) is 84.3 Å². The summed E-state index contributed by atoms with van der Waals surface area (Å²) < 4.78 is 9.40. The maximum absolute atomic E-state index is 7.00. The number of para-hydroxylation sites is 2. The van der Waals surface area contributed by atoms with Gasteiger partial charge in [0, 0.05) is 38.7 Å². The predicted molar refractivity (Wildman–Crippen MR) is 219 cm³/mol. The SMILES string of the molecule is c1ccc(-c2nc(-c3ccccc3)nc(-c3cc4c(o3)-c3ccccc3C43c4ccccc4-c4ccc(-n5c6ccccc6c6ccccc65)cc43)n2)cc1. The number of benzene rings is 7. The van der Waals surface area contributed by atoms with E-state index in [-0.39, 0.29) is 0 Å². The smallest absolute Gasteiger partial charge is 0.199 e. The third-order valence-electron chi connectivity index (χ3n) is 11.5. The second kappa shape index (κ2) is 11.3. The van der Waals surface area contributed by atoms with Crippen LogP contribution in [-0.4, -0.2) is 19.5 Å². The molecule has 0 saturated heterocycles. The molecule has 1 atom stereocenters. The quantitative estimate of drug-likeness (QED) is 0.183. The molecule has 3 aromatic heterocycles. The van der Waals surface area contributed by atoms with E-state index in [1.54, 1.807) is 0 Å². The molecule has 256 valence electrons. The average Bonchev–Trinajstić information content (AvgIpc) is 3.99. The molecule has 0 radical (unpaired) electrons. The minimum atomic E-state index is -0.619. The molecule has 2 aliphatic rings. The Kier molecular flexibility index (Phi) is 6.20. The van der Waals surface area contributed by atoms with Crippen LogP contribution in [0.5, 0.6) is 0 Å². The first-order chi connectivity index (χ1) is 27.3.